The molecule has 0 radical (unpaired) electrons. The molecule has 4 rings (SSSR count). The molecule has 9 heteroatoms. The summed E-state index contributed by atoms with van der Waals surface area (Å²) in [6.07, 6.45) is 5.92. The van der Waals surface area contributed by atoms with Crippen LogP contribution >= 0.6 is 0 Å². The second kappa shape index (κ2) is 13.9. The van der Waals surface area contributed by atoms with Crippen LogP contribution in [0.25, 0.3) is 23.1 Å². The smallest absolute Gasteiger partial charge is 0.323 e. The molecule has 0 bridgehead atoms. The molecule has 1 aromatic heterocycles. The number of carboxylic acids is 2. The lowest BCUT2D eigenvalue weighted by molar-refractivity contribution is -0.138. The van der Waals surface area contributed by atoms with Gasteiger partial charge in [-0.15, -0.1) is 0 Å². The van der Waals surface area contributed by atoms with E-state index in [0.29, 0.717) is 38.0 Å². The number of halogens is 3. The molecule has 0 atom stereocenters. The highest BCUT2D eigenvalue weighted by atomic mass is 19.2. The molecule has 42 heavy (non-hydrogen) atoms. The summed E-state index contributed by atoms with van der Waals surface area (Å²) >= 11 is 0. The number of aryl methyl sites for hydroxylation is 1. The number of unbranched alkanes of at least 4 members (excludes halogenated alkanes) is 1. The normalized spacial score (nSPS) is 11.4. The van der Waals surface area contributed by atoms with Crippen molar-refractivity contribution in [3.05, 3.63) is 100.0 Å². The van der Waals surface area contributed by atoms with E-state index in [2.05, 4.69) is 0 Å². The largest absolute Gasteiger partial charge is 0.494 e. The number of para-hydroxylation sites is 1. The Morgan fingerprint density at radius 1 is 0.833 bits per heavy atom. The van der Waals surface area contributed by atoms with Crippen LogP contribution in [0, 0.1) is 24.4 Å². The lowest BCUT2D eigenvalue weighted by Crippen LogP contribution is -2.10. The van der Waals surface area contributed by atoms with E-state index in [1.54, 1.807) is 4.57 Å². The van der Waals surface area contributed by atoms with Gasteiger partial charge in [-0.1, -0.05) is 42.5 Å². The van der Waals surface area contributed by atoms with Crippen LogP contribution in [0.15, 0.2) is 54.6 Å². The highest BCUT2D eigenvalue weighted by molar-refractivity contribution is 5.95. The summed E-state index contributed by atoms with van der Waals surface area (Å²) in [6.45, 7) is 2.00. The summed E-state index contributed by atoms with van der Waals surface area (Å²) in [6, 6.07) is 14.8. The van der Waals surface area contributed by atoms with Crippen LogP contribution in [0.4, 0.5) is 13.2 Å². The first-order valence-electron chi connectivity index (χ1n) is 13.7. The number of fused-ring (bicyclic) bond motifs is 1. The van der Waals surface area contributed by atoms with Crippen molar-refractivity contribution < 1.29 is 37.7 Å². The Balaban J connectivity index is 1.41. The molecule has 0 unspecified atom stereocenters. The predicted molar refractivity (Wildman–Crippen MR) is 155 cm³/mol. The highest BCUT2D eigenvalue weighted by Crippen LogP contribution is 2.31. The molecule has 0 amide bonds. The van der Waals surface area contributed by atoms with Gasteiger partial charge in [0.25, 0.3) is 0 Å². The summed E-state index contributed by atoms with van der Waals surface area (Å²) in [4.78, 5) is 22.7. The second-order valence-electron chi connectivity index (χ2n) is 10.1. The standard InChI is InChI=1S/C33H32F3NO5/c1-21-25(8-5-10-30(38)39)26-9-4-6-23(33(26)37(21)20-31(40)41)14-11-22-12-15-24(16-13-22)42-19-3-2-7-27-28(34)17-18-29(35)32(27)36/h4,6,9,11-18H,2-3,5,7-8,10,19-20H2,1H3,(H,38,39)(H,40,41)/b14-11+. The maximum Gasteiger partial charge on any atom is 0.323 e. The number of carbonyl (C=O) groups is 2. The van der Waals surface area contributed by atoms with Gasteiger partial charge in [-0.3, -0.25) is 9.59 Å². The molecule has 3 aromatic carbocycles. The van der Waals surface area contributed by atoms with Crippen molar-refractivity contribution in [1.29, 1.82) is 0 Å². The van der Waals surface area contributed by atoms with Gasteiger partial charge in [0.15, 0.2) is 11.6 Å². The molecule has 0 fully saturated rings. The Labute approximate surface area is 241 Å². The summed E-state index contributed by atoms with van der Waals surface area (Å²) < 4.78 is 48.4. The van der Waals surface area contributed by atoms with Crippen LogP contribution in [0.1, 0.15) is 53.6 Å². The molecule has 0 aliphatic rings. The van der Waals surface area contributed by atoms with Crippen LogP contribution in [0.2, 0.25) is 0 Å². The quantitative estimate of drug-likeness (QED) is 0.0922. The fourth-order valence-corrected chi connectivity index (χ4v) is 5.08. The van der Waals surface area contributed by atoms with Crippen molar-refractivity contribution in [3.8, 4) is 5.75 Å². The summed E-state index contributed by atoms with van der Waals surface area (Å²) in [5.41, 5.74) is 4.04. The number of aliphatic carboxylic acids is 2. The van der Waals surface area contributed by atoms with Gasteiger partial charge < -0.3 is 19.5 Å². The zero-order valence-corrected chi connectivity index (χ0v) is 23.2. The van der Waals surface area contributed by atoms with Gasteiger partial charge in [0.05, 0.1) is 12.1 Å². The van der Waals surface area contributed by atoms with Crippen molar-refractivity contribution in [3.63, 3.8) is 0 Å². The highest BCUT2D eigenvalue weighted by Gasteiger charge is 2.18. The van der Waals surface area contributed by atoms with Gasteiger partial charge in [-0.25, -0.2) is 13.2 Å². The van der Waals surface area contributed by atoms with E-state index >= 15 is 0 Å². The summed E-state index contributed by atoms with van der Waals surface area (Å²) in [5.74, 6) is -4.15. The molecule has 220 valence electrons. The zero-order chi connectivity index (χ0) is 30.2. The number of ether oxygens (including phenoxy) is 1. The molecule has 0 spiro atoms. The molecule has 0 saturated heterocycles. The SMILES string of the molecule is Cc1c(CCCC(=O)O)c2cccc(/C=C/c3ccc(OCCCCc4c(F)ccc(F)c4F)cc3)c2n1CC(=O)O. The third-order valence-corrected chi connectivity index (χ3v) is 7.18. The zero-order valence-electron chi connectivity index (χ0n) is 23.2. The van der Waals surface area contributed by atoms with Crippen molar-refractivity contribution in [2.45, 2.75) is 52.0 Å². The number of benzene rings is 3. The maximum absolute atomic E-state index is 13.8. The number of nitrogens with zero attached hydrogens (tertiary/aromatic N) is 1. The Morgan fingerprint density at radius 2 is 1.55 bits per heavy atom. The summed E-state index contributed by atoms with van der Waals surface area (Å²) in [7, 11) is 0. The van der Waals surface area contributed by atoms with Crippen LogP contribution in [0.5, 0.6) is 5.75 Å². The first kappa shape index (κ1) is 30.4. The Hall–Kier alpha value is -4.53. The minimum absolute atomic E-state index is 0.0409. The molecule has 4 aromatic rings. The lowest BCUT2D eigenvalue weighted by Gasteiger charge is -2.08. The monoisotopic (exact) mass is 579 g/mol. The Bertz CT molecular complexity index is 1610. The molecule has 0 saturated carbocycles. The minimum Gasteiger partial charge on any atom is -0.494 e. The first-order valence-corrected chi connectivity index (χ1v) is 13.7. The Morgan fingerprint density at radius 3 is 2.26 bits per heavy atom. The van der Waals surface area contributed by atoms with Crippen molar-refractivity contribution in [2.75, 3.05) is 6.61 Å². The van der Waals surface area contributed by atoms with Crippen LogP contribution in [-0.4, -0.2) is 33.3 Å². The average molecular weight is 580 g/mol. The van der Waals surface area contributed by atoms with E-state index in [0.717, 1.165) is 45.4 Å². The van der Waals surface area contributed by atoms with E-state index < -0.39 is 29.4 Å². The topological polar surface area (TPSA) is 88.8 Å². The van der Waals surface area contributed by atoms with E-state index in [4.69, 9.17) is 9.84 Å². The molecule has 6 nitrogen and oxygen atoms in total. The third-order valence-electron chi connectivity index (χ3n) is 7.18. The van der Waals surface area contributed by atoms with Crippen LogP contribution < -0.4 is 4.74 Å². The fraction of sp³-hybridized carbons (Fsp3) is 0.273. The van der Waals surface area contributed by atoms with Crippen LogP contribution in [0.3, 0.4) is 0 Å². The number of hydrogen-bond donors (Lipinski definition) is 2. The maximum atomic E-state index is 13.8. The van der Waals surface area contributed by atoms with E-state index in [9.17, 15) is 27.9 Å². The number of aromatic nitrogens is 1. The molecular weight excluding hydrogens is 547 g/mol. The van der Waals surface area contributed by atoms with Gasteiger partial charge >= 0.3 is 11.9 Å². The van der Waals surface area contributed by atoms with E-state index in [1.807, 2.05) is 61.5 Å². The van der Waals surface area contributed by atoms with Gasteiger partial charge in [-0.05, 0) is 80.0 Å². The summed E-state index contributed by atoms with van der Waals surface area (Å²) in [5, 5.41) is 19.5. The van der Waals surface area contributed by atoms with Crippen molar-refractivity contribution in [2.24, 2.45) is 0 Å². The third kappa shape index (κ3) is 7.40. The lowest BCUT2D eigenvalue weighted by atomic mass is 10.0. The van der Waals surface area contributed by atoms with E-state index in [-0.39, 0.29) is 24.9 Å². The average Bonchev–Trinajstić information content (AvgIpc) is 3.22. The van der Waals surface area contributed by atoms with Gasteiger partial charge in [0.2, 0.25) is 0 Å². The van der Waals surface area contributed by atoms with Gasteiger partial charge in [0.1, 0.15) is 18.1 Å². The molecule has 2 N–H and O–H groups in total. The van der Waals surface area contributed by atoms with Crippen LogP contribution in [-0.2, 0) is 29.0 Å². The molecule has 1 heterocycles. The first-order chi connectivity index (χ1) is 20.2. The van der Waals surface area contributed by atoms with Crippen molar-refractivity contribution in [1.82, 2.24) is 4.57 Å². The minimum atomic E-state index is -1.14. The molecule has 0 aliphatic carbocycles. The molecule has 0 aliphatic heterocycles. The van der Waals surface area contributed by atoms with Gasteiger partial charge in [0, 0.05) is 23.1 Å². The number of hydrogen-bond acceptors (Lipinski definition) is 3. The van der Waals surface area contributed by atoms with Crippen molar-refractivity contribution >= 4 is 35.0 Å². The predicted octanol–water partition coefficient (Wildman–Crippen LogP) is 7.43. The van der Waals surface area contributed by atoms with Gasteiger partial charge in [-0.2, -0.15) is 0 Å². The fourth-order valence-electron chi connectivity index (χ4n) is 5.08. The second-order valence-corrected chi connectivity index (χ2v) is 10.1. The number of rotatable bonds is 14. The number of carboxylic acid groups (broad SMARTS) is 2. The van der Waals surface area contributed by atoms with E-state index in [1.165, 1.54) is 0 Å². The molecular formula is C33H32F3NO5. The Kier molecular flexibility index (Phi) is 10.1.